The van der Waals surface area contributed by atoms with Crippen molar-refractivity contribution < 1.29 is 9.59 Å². The van der Waals surface area contributed by atoms with Crippen LogP contribution in [0.25, 0.3) is 11.3 Å². The van der Waals surface area contributed by atoms with Crippen molar-refractivity contribution in [2.24, 2.45) is 0 Å². The van der Waals surface area contributed by atoms with E-state index < -0.39 is 0 Å². The van der Waals surface area contributed by atoms with Crippen molar-refractivity contribution >= 4 is 44.8 Å². The Morgan fingerprint density at radius 3 is 2.66 bits per heavy atom. The second-order valence-corrected chi connectivity index (χ2v) is 9.00. The average molecular weight is 427 g/mol. The Morgan fingerprint density at radius 2 is 1.97 bits per heavy atom. The standard InChI is InChI=1S/C21H22N4O2S2/c1-13(2)14-5-7-15(8-6-14)17-12-28-20(23-17)24-18(26)10-16-11-29-21(22-16)25-9-3-4-19(25)27/h5-8,11-13H,3-4,9-10H2,1-2H3,(H,23,24,26). The molecule has 1 N–H and O–H groups in total. The van der Waals surface area contributed by atoms with Crippen LogP contribution in [0.5, 0.6) is 0 Å². The minimum absolute atomic E-state index is 0.104. The maximum atomic E-state index is 12.4. The first-order valence-electron chi connectivity index (χ1n) is 9.60. The van der Waals surface area contributed by atoms with Gasteiger partial charge in [0.15, 0.2) is 10.3 Å². The number of nitrogens with one attached hydrogen (secondary N) is 1. The number of amides is 2. The van der Waals surface area contributed by atoms with Crippen LogP contribution in [-0.4, -0.2) is 28.3 Å². The molecular weight excluding hydrogens is 404 g/mol. The lowest BCUT2D eigenvalue weighted by Crippen LogP contribution is -2.23. The van der Waals surface area contributed by atoms with Crippen LogP contribution in [0.2, 0.25) is 0 Å². The first kappa shape index (κ1) is 19.7. The number of hydrogen-bond acceptors (Lipinski definition) is 6. The van der Waals surface area contributed by atoms with Crippen LogP contribution >= 0.6 is 22.7 Å². The zero-order valence-corrected chi connectivity index (χ0v) is 18.0. The van der Waals surface area contributed by atoms with Crippen molar-refractivity contribution in [1.82, 2.24) is 9.97 Å². The summed E-state index contributed by atoms with van der Waals surface area (Å²) in [7, 11) is 0. The van der Waals surface area contributed by atoms with Gasteiger partial charge in [-0.15, -0.1) is 22.7 Å². The zero-order chi connectivity index (χ0) is 20.4. The van der Waals surface area contributed by atoms with Crippen molar-refractivity contribution in [3.63, 3.8) is 0 Å². The largest absolute Gasteiger partial charge is 0.302 e. The van der Waals surface area contributed by atoms with E-state index in [-0.39, 0.29) is 18.2 Å². The molecule has 1 fully saturated rings. The maximum Gasteiger partial charge on any atom is 0.232 e. The average Bonchev–Trinajstić information content (AvgIpc) is 3.43. The molecule has 0 aliphatic carbocycles. The minimum atomic E-state index is -0.161. The third-order valence-electron chi connectivity index (χ3n) is 4.81. The Hall–Kier alpha value is -2.58. The number of rotatable bonds is 6. The Morgan fingerprint density at radius 1 is 1.17 bits per heavy atom. The molecule has 0 spiro atoms. The summed E-state index contributed by atoms with van der Waals surface area (Å²) in [4.78, 5) is 34.9. The predicted molar refractivity (Wildman–Crippen MR) is 118 cm³/mol. The number of hydrogen-bond donors (Lipinski definition) is 1. The summed E-state index contributed by atoms with van der Waals surface area (Å²) >= 11 is 2.81. The molecule has 3 heterocycles. The fraction of sp³-hybridized carbons (Fsp3) is 0.333. The molecule has 0 bridgehead atoms. The van der Waals surface area contributed by atoms with Gasteiger partial charge in [0.05, 0.1) is 17.8 Å². The van der Waals surface area contributed by atoms with Gasteiger partial charge in [0, 0.05) is 29.3 Å². The molecular formula is C21H22N4O2S2. The van der Waals surface area contributed by atoms with Gasteiger partial charge in [0.25, 0.3) is 0 Å². The number of nitrogens with zero attached hydrogens (tertiary/aromatic N) is 3. The van der Waals surface area contributed by atoms with Gasteiger partial charge in [-0.1, -0.05) is 38.1 Å². The second-order valence-electron chi connectivity index (χ2n) is 7.31. The minimum Gasteiger partial charge on any atom is -0.302 e. The van der Waals surface area contributed by atoms with Gasteiger partial charge in [0.2, 0.25) is 11.8 Å². The highest BCUT2D eigenvalue weighted by Crippen LogP contribution is 2.28. The number of anilines is 2. The lowest BCUT2D eigenvalue weighted by Gasteiger charge is -2.10. The van der Waals surface area contributed by atoms with Crippen LogP contribution in [0.1, 0.15) is 43.9 Å². The molecule has 6 nitrogen and oxygen atoms in total. The fourth-order valence-corrected chi connectivity index (χ4v) is 4.79. The first-order valence-corrected chi connectivity index (χ1v) is 11.4. The second kappa shape index (κ2) is 8.42. The van der Waals surface area contributed by atoms with E-state index in [1.54, 1.807) is 4.90 Å². The summed E-state index contributed by atoms with van der Waals surface area (Å²) in [5.74, 6) is 0.432. The number of carbonyl (C=O) groups is 2. The molecule has 1 saturated heterocycles. The van der Waals surface area contributed by atoms with Gasteiger partial charge in [-0.3, -0.25) is 14.5 Å². The van der Waals surface area contributed by atoms with Gasteiger partial charge in [-0.2, -0.15) is 0 Å². The third-order valence-corrected chi connectivity index (χ3v) is 6.48. The van der Waals surface area contributed by atoms with E-state index in [1.165, 1.54) is 28.2 Å². The molecule has 8 heteroatoms. The smallest absolute Gasteiger partial charge is 0.232 e. The highest BCUT2D eigenvalue weighted by Gasteiger charge is 2.24. The third kappa shape index (κ3) is 4.54. The summed E-state index contributed by atoms with van der Waals surface area (Å²) in [6.07, 6.45) is 1.60. The van der Waals surface area contributed by atoms with E-state index in [2.05, 4.69) is 53.4 Å². The quantitative estimate of drug-likeness (QED) is 0.620. The zero-order valence-electron chi connectivity index (χ0n) is 16.3. The van der Waals surface area contributed by atoms with E-state index in [4.69, 9.17) is 0 Å². The van der Waals surface area contributed by atoms with Crippen molar-refractivity contribution in [1.29, 1.82) is 0 Å². The Kier molecular flexibility index (Phi) is 5.73. The molecule has 0 radical (unpaired) electrons. The Bertz CT molecular complexity index is 1020. The molecule has 2 amide bonds. The van der Waals surface area contributed by atoms with Crippen LogP contribution in [0.15, 0.2) is 35.0 Å². The van der Waals surface area contributed by atoms with E-state index in [0.29, 0.717) is 34.8 Å². The molecule has 0 atom stereocenters. The predicted octanol–water partition coefficient (Wildman–Crippen LogP) is 4.70. The highest BCUT2D eigenvalue weighted by atomic mass is 32.1. The van der Waals surface area contributed by atoms with Crippen LogP contribution in [-0.2, 0) is 16.0 Å². The highest BCUT2D eigenvalue weighted by molar-refractivity contribution is 7.14. The molecule has 1 aromatic carbocycles. The van der Waals surface area contributed by atoms with E-state index in [9.17, 15) is 9.59 Å². The molecule has 3 aromatic rings. The van der Waals surface area contributed by atoms with Crippen molar-refractivity contribution in [2.45, 2.75) is 39.0 Å². The molecule has 4 rings (SSSR count). The van der Waals surface area contributed by atoms with Crippen molar-refractivity contribution in [3.05, 3.63) is 46.3 Å². The molecule has 0 unspecified atom stereocenters. The summed E-state index contributed by atoms with van der Waals surface area (Å²) in [6, 6.07) is 8.35. The molecule has 1 aliphatic rings. The van der Waals surface area contributed by atoms with E-state index >= 15 is 0 Å². The molecule has 2 aromatic heterocycles. The number of aromatic nitrogens is 2. The lowest BCUT2D eigenvalue weighted by molar-refractivity contribution is -0.117. The van der Waals surface area contributed by atoms with Crippen LogP contribution in [0.4, 0.5) is 10.3 Å². The van der Waals surface area contributed by atoms with Gasteiger partial charge < -0.3 is 5.32 Å². The number of benzene rings is 1. The van der Waals surface area contributed by atoms with Crippen LogP contribution in [0, 0.1) is 0 Å². The lowest BCUT2D eigenvalue weighted by atomic mass is 10.0. The monoisotopic (exact) mass is 426 g/mol. The Labute approximate surface area is 177 Å². The van der Waals surface area contributed by atoms with Crippen molar-refractivity contribution in [2.75, 3.05) is 16.8 Å². The van der Waals surface area contributed by atoms with Crippen LogP contribution in [0.3, 0.4) is 0 Å². The topological polar surface area (TPSA) is 75.2 Å². The molecule has 29 heavy (non-hydrogen) atoms. The maximum absolute atomic E-state index is 12.4. The van der Waals surface area contributed by atoms with Gasteiger partial charge in [-0.05, 0) is 17.9 Å². The summed E-state index contributed by atoms with van der Waals surface area (Å²) < 4.78 is 0. The molecule has 0 saturated carbocycles. The normalized spacial score (nSPS) is 14.0. The summed E-state index contributed by atoms with van der Waals surface area (Å²) in [5.41, 5.74) is 3.84. The summed E-state index contributed by atoms with van der Waals surface area (Å²) in [5, 5.41) is 7.88. The van der Waals surface area contributed by atoms with Crippen LogP contribution < -0.4 is 10.2 Å². The first-order chi connectivity index (χ1) is 14.0. The van der Waals surface area contributed by atoms with Crippen molar-refractivity contribution in [3.8, 4) is 11.3 Å². The Balaban J connectivity index is 1.37. The fourth-order valence-electron chi connectivity index (χ4n) is 3.18. The van der Waals surface area contributed by atoms with Gasteiger partial charge in [-0.25, -0.2) is 9.97 Å². The van der Waals surface area contributed by atoms with E-state index in [1.807, 2.05) is 10.8 Å². The number of carbonyl (C=O) groups excluding carboxylic acids is 2. The molecule has 1 aliphatic heterocycles. The van der Waals surface area contributed by atoms with Gasteiger partial charge >= 0.3 is 0 Å². The SMILES string of the molecule is CC(C)c1ccc(-c2csc(NC(=O)Cc3csc(N4CCCC4=O)n3)n2)cc1. The molecule has 150 valence electrons. The summed E-state index contributed by atoms with van der Waals surface area (Å²) in [6.45, 7) is 5.04. The van der Waals surface area contributed by atoms with Gasteiger partial charge in [0.1, 0.15) is 0 Å². The number of thiazole rings is 2. The van der Waals surface area contributed by atoms with E-state index in [0.717, 1.165) is 17.7 Å².